The van der Waals surface area contributed by atoms with Crippen molar-refractivity contribution in [3.8, 4) is 11.5 Å². The minimum atomic E-state index is 0.224. The van der Waals surface area contributed by atoms with Gasteiger partial charge in [-0.15, -0.1) is 0 Å². The van der Waals surface area contributed by atoms with Crippen molar-refractivity contribution in [2.45, 2.75) is 25.5 Å². The maximum absolute atomic E-state index is 5.95. The third-order valence-corrected chi connectivity index (χ3v) is 4.71. The highest BCUT2D eigenvalue weighted by atomic mass is 16.5. The number of nitrogen functional groups attached to an aromatic ring is 1. The van der Waals surface area contributed by atoms with E-state index >= 15 is 0 Å². The van der Waals surface area contributed by atoms with Gasteiger partial charge >= 0.3 is 0 Å². The Bertz CT molecular complexity index is 723. The van der Waals surface area contributed by atoms with E-state index in [1.807, 2.05) is 24.3 Å². The van der Waals surface area contributed by atoms with E-state index in [4.69, 9.17) is 19.9 Å². The topological polar surface area (TPSA) is 69.8 Å². The number of methoxy groups -OCH3 is 2. The Hall–Kier alpha value is -2.31. The molecular weight excluding hydrogens is 330 g/mol. The van der Waals surface area contributed by atoms with Crippen LogP contribution in [0.1, 0.15) is 17.5 Å². The lowest BCUT2D eigenvalue weighted by Gasteiger charge is -2.33. The van der Waals surface area contributed by atoms with Crippen LogP contribution in [0.4, 0.5) is 5.82 Å². The van der Waals surface area contributed by atoms with E-state index in [-0.39, 0.29) is 6.10 Å². The van der Waals surface area contributed by atoms with Crippen LogP contribution in [0.2, 0.25) is 0 Å². The summed E-state index contributed by atoms with van der Waals surface area (Å²) >= 11 is 0. The molecule has 3 rings (SSSR count). The fraction of sp³-hybridized carbons (Fsp3) is 0.450. The van der Waals surface area contributed by atoms with Crippen LogP contribution in [-0.4, -0.2) is 49.9 Å². The Kier molecular flexibility index (Phi) is 6.30. The van der Waals surface area contributed by atoms with Crippen molar-refractivity contribution in [3.05, 3.63) is 47.7 Å². The maximum atomic E-state index is 5.95. The molecule has 0 aliphatic carbocycles. The summed E-state index contributed by atoms with van der Waals surface area (Å²) in [4.78, 5) is 6.46. The number of anilines is 1. The van der Waals surface area contributed by atoms with Gasteiger partial charge in [0.2, 0.25) is 0 Å². The third kappa shape index (κ3) is 4.86. The first-order valence-electron chi connectivity index (χ1n) is 8.93. The zero-order valence-electron chi connectivity index (χ0n) is 15.5. The molecular formula is C20H27N3O3. The van der Waals surface area contributed by atoms with Gasteiger partial charge in [0, 0.05) is 37.5 Å². The molecule has 0 unspecified atom stereocenters. The number of aryl methyl sites for hydroxylation is 1. The highest BCUT2D eigenvalue weighted by Crippen LogP contribution is 2.26. The lowest BCUT2D eigenvalue weighted by molar-refractivity contribution is -0.0347. The number of hydrogen-bond acceptors (Lipinski definition) is 6. The van der Waals surface area contributed by atoms with E-state index in [0.29, 0.717) is 5.82 Å². The second-order valence-electron chi connectivity index (χ2n) is 6.53. The lowest BCUT2D eigenvalue weighted by Crippen LogP contribution is -2.42. The van der Waals surface area contributed by atoms with E-state index in [1.165, 1.54) is 5.56 Å². The van der Waals surface area contributed by atoms with Crippen LogP contribution < -0.4 is 15.2 Å². The van der Waals surface area contributed by atoms with Crippen molar-refractivity contribution < 1.29 is 14.2 Å². The summed E-state index contributed by atoms with van der Waals surface area (Å²) < 4.78 is 16.7. The summed E-state index contributed by atoms with van der Waals surface area (Å²) in [6.45, 7) is 3.43. The zero-order chi connectivity index (χ0) is 18.4. The Labute approximate surface area is 154 Å². The van der Waals surface area contributed by atoms with Crippen LogP contribution in [-0.2, 0) is 17.7 Å². The van der Waals surface area contributed by atoms with Crippen molar-refractivity contribution in [3.63, 3.8) is 0 Å². The molecule has 1 aromatic carbocycles. The molecule has 0 spiro atoms. The Morgan fingerprint density at radius 2 is 2.12 bits per heavy atom. The molecule has 1 fully saturated rings. The first-order valence-corrected chi connectivity index (χ1v) is 8.93. The van der Waals surface area contributed by atoms with Crippen molar-refractivity contribution >= 4 is 5.82 Å². The molecule has 140 valence electrons. The standard InChI is InChI=1S/C20H27N3O3/c1-24-17-6-4-16(19(12-17)25-2)13-23-9-10-26-18(14-23)5-3-15-7-8-22-20(21)11-15/h4,6-8,11-12,18H,3,5,9-10,13-14H2,1-2H3,(H2,21,22)/t18-/m0/s1. The first-order chi connectivity index (χ1) is 12.7. The van der Waals surface area contributed by atoms with Crippen molar-refractivity contribution in [1.29, 1.82) is 0 Å². The molecule has 0 bridgehead atoms. The van der Waals surface area contributed by atoms with Gasteiger partial charge in [-0.3, -0.25) is 4.90 Å². The normalized spacial score (nSPS) is 17.8. The van der Waals surface area contributed by atoms with Gasteiger partial charge in [0.05, 0.1) is 26.9 Å². The molecule has 1 aliphatic heterocycles. The van der Waals surface area contributed by atoms with E-state index in [0.717, 1.165) is 56.1 Å². The second kappa shape index (κ2) is 8.87. The molecule has 1 aliphatic rings. The van der Waals surface area contributed by atoms with Gasteiger partial charge in [-0.1, -0.05) is 6.07 Å². The van der Waals surface area contributed by atoms with Gasteiger partial charge in [0.1, 0.15) is 17.3 Å². The third-order valence-electron chi connectivity index (χ3n) is 4.71. The molecule has 2 N–H and O–H groups in total. The molecule has 6 nitrogen and oxygen atoms in total. The first kappa shape index (κ1) is 18.5. The lowest BCUT2D eigenvalue weighted by atomic mass is 10.1. The molecule has 26 heavy (non-hydrogen) atoms. The zero-order valence-corrected chi connectivity index (χ0v) is 15.5. The summed E-state index contributed by atoms with van der Waals surface area (Å²) in [6, 6.07) is 9.93. The minimum Gasteiger partial charge on any atom is -0.497 e. The van der Waals surface area contributed by atoms with Gasteiger partial charge < -0.3 is 19.9 Å². The SMILES string of the molecule is COc1ccc(CN2CCO[C@@H](CCc3ccnc(N)c3)C2)c(OC)c1. The van der Waals surface area contributed by atoms with Gasteiger partial charge in [-0.2, -0.15) is 0 Å². The van der Waals surface area contributed by atoms with Crippen LogP contribution in [0.5, 0.6) is 11.5 Å². The number of morpholine rings is 1. The molecule has 1 aromatic heterocycles. The average Bonchev–Trinajstić information content (AvgIpc) is 2.67. The van der Waals surface area contributed by atoms with E-state index in [2.05, 4.69) is 16.0 Å². The molecule has 1 atom stereocenters. The summed E-state index contributed by atoms with van der Waals surface area (Å²) in [5.41, 5.74) is 8.12. The van der Waals surface area contributed by atoms with E-state index in [9.17, 15) is 0 Å². The largest absolute Gasteiger partial charge is 0.497 e. The van der Waals surface area contributed by atoms with Crippen LogP contribution >= 0.6 is 0 Å². The number of benzene rings is 1. The van der Waals surface area contributed by atoms with Gasteiger partial charge in [-0.25, -0.2) is 4.98 Å². The van der Waals surface area contributed by atoms with E-state index < -0.39 is 0 Å². The van der Waals surface area contributed by atoms with Crippen LogP contribution in [0.25, 0.3) is 0 Å². The summed E-state index contributed by atoms with van der Waals surface area (Å²) in [6.07, 6.45) is 3.90. The van der Waals surface area contributed by atoms with Crippen molar-refractivity contribution in [2.24, 2.45) is 0 Å². The van der Waals surface area contributed by atoms with Gasteiger partial charge in [0.15, 0.2) is 0 Å². The average molecular weight is 357 g/mol. The number of nitrogens with two attached hydrogens (primary N) is 1. The molecule has 1 saturated heterocycles. The fourth-order valence-corrected chi connectivity index (χ4v) is 3.30. The minimum absolute atomic E-state index is 0.224. The quantitative estimate of drug-likeness (QED) is 0.821. The van der Waals surface area contributed by atoms with Crippen LogP contribution in [0, 0.1) is 0 Å². The van der Waals surface area contributed by atoms with Crippen molar-refractivity contribution in [1.82, 2.24) is 9.88 Å². The van der Waals surface area contributed by atoms with Gasteiger partial charge in [-0.05, 0) is 36.6 Å². The predicted octanol–water partition coefficient (Wildman–Crippen LogP) is 2.51. The van der Waals surface area contributed by atoms with E-state index in [1.54, 1.807) is 20.4 Å². The Morgan fingerprint density at radius 1 is 1.23 bits per heavy atom. The molecule has 2 heterocycles. The molecule has 0 saturated carbocycles. The number of ether oxygens (including phenoxy) is 3. The maximum Gasteiger partial charge on any atom is 0.127 e. The highest BCUT2D eigenvalue weighted by molar-refractivity contribution is 5.40. The fourth-order valence-electron chi connectivity index (χ4n) is 3.30. The second-order valence-corrected chi connectivity index (χ2v) is 6.53. The molecule has 2 aromatic rings. The predicted molar refractivity (Wildman–Crippen MR) is 102 cm³/mol. The summed E-state index contributed by atoms with van der Waals surface area (Å²) in [5.74, 6) is 2.24. The number of nitrogens with zero attached hydrogens (tertiary/aromatic N) is 2. The number of aromatic nitrogens is 1. The summed E-state index contributed by atoms with van der Waals surface area (Å²) in [7, 11) is 3.36. The Balaban J connectivity index is 1.56. The van der Waals surface area contributed by atoms with Crippen LogP contribution in [0.3, 0.4) is 0 Å². The highest BCUT2D eigenvalue weighted by Gasteiger charge is 2.21. The number of rotatable bonds is 7. The van der Waals surface area contributed by atoms with Crippen molar-refractivity contribution in [2.75, 3.05) is 39.6 Å². The number of pyridine rings is 1. The smallest absolute Gasteiger partial charge is 0.127 e. The molecule has 6 heteroatoms. The Morgan fingerprint density at radius 3 is 2.88 bits per heavy atom. The van der Waals surface area contributed by atoms with Crippen LogP contribution in [0.15, 0.2) is 36.5 Å². The monoisotopic (exact) mass is 357 g/mol. The summed E-state index contributed by atoms with van der Waals surface area (Å²) in [5, 5.41) is 0. The molecule has 0 amide bonds. The molecule has 0 radical (unpaired) electrons. The van der Waals surface area contributed by atoms with Gasteiger partial charge in [0.25, 0.3) is 0 Å². The number of hydrogen-bond donors (Lipinski definition) is 1.